The fourth-order valence-electron chi connectivity index (χ4n) is 13.0. The van der Waals surface area contributed by atoms with Gasteiger partial charge in [-0.05, 0) is 137 Å². The summed E-state index contributed by atoms with van der Waals surface area (Å²) in [4.78, 5) is 16.3. The Morgan fingerprint density at radius 3 is 1.66 bits per heavy atom. The molecule has 0 spiro atoms. The molecule has 18 rings (SSSR count). The van der Waals surface area contributed by atoms with Crippen LogP contribution in [0.3, 0.4) is 0 Å². The molecule has 0 N–H and O–H groups in total. The molecule has 6 heterocycles. The van der Waals surface area contributed by atoms with E-state index in [1.54, 1.807) is 0 Å². The van der Waals surface area contributed by atoms with Crippen molar-refractivity contribution in [3.8, 4) is 67.8 Å². The number of aromatic nitrogens is 5. The molecule has 6 aromatic heterocycles. The van der Waals surface area contributed by atoms with Crippen molar-refractivity contribution in [2.24, 2.45) is 0 Å². The Hall–Kier alpha value is -10.9. The number of nitrogens with zero attached hydrogens (tertiary/aromatic N) is 5. The Labute approximate surface area is 477 Å². The topological polar surface area (TPSA) is 74.8 Å². The molecule has 0 saturated carbocycles. The van der Waals surface area contributed by atoms with E-state index in [9.17, 15) is 0 Å². The summed E-state index contributed by atoms with van der Waals surface area (Å²) in [5, 5.41) is 11.2. The molecule has 0 atom stereocenters. The van der Waals surface area contributed by atoms with Gasteiger partial charge in [0.05, 0.1) is 22.1 Å². The van der Waals surface area contributed by atoms with Crippen LogP contribution < -0.4 is 0 Å². The summed E-state index contributed by atoms with van der Waals surface area (Å²) in [6.45, 7) is 0. The van der Waals surface area contributed by atoms with E-state index in [0.717, 1.165) is 105 Å². The van der Waals surface area contributed by atoms with Gasteiger partial charge in [0.2, 0.25) is 5.95 Å². The zero-order chi connectivity index (χ0) is 54.3. The SMILES string of the molecule is c1ccc(-c2ccc3c(c2)c2ccccc2n3-c2nc(-c3ccc4c(c3)oc3ccccc34)nc(-c3cccc4oc5ccc(-c6ccc7sc8cccc(-c9ccc%10c(c9)c9ccccc9n%10-c9ccccc9)c8c7c6)cc5c34)n2)cc1. The van der Waals surface area contributed by atoms with Crippen molar-refractivity contribution >= 4 is 119 Å². The molecule has 12 aromatic carbocycles. The van der Waals surface area contributed by atoms with Gasteiger partial charge >= 0.3 is 0 Å². The van der Waals surface area contributed by atoms with E-state index < -0.39 is 0 Å². The van der Waals surface area contributed by atoms with Crippen LogP contribution in [-0.4, -0.2) is 24.1 Å². The maximum absolute atomic E-state index is 6.74. The van der Waals surface area contributed by atoms with E-state index in [1.807, 2.05) is 41.7 Å². The Balaban J connectivity index is 0.804. The highest BCUT2D eigenvalue weighted by Gasteiger charge is 2.23. The predicted molar refractivity (Wildman–Crippen MR) is 343 cm³/mol. The smallest absolute Gasteiger partial charge is 0.238 e. The van der Waals surface area contributed by atoms with E-state index in [-0.39, 0.29) is 0 Å². The minimum atomic E-state index is 0.508. The summed E-state index contributed by atoms with van der Waals surface area (Å²) < 4.78 is 20.3. The van der Waals surface area contributed by atoms with Gasteiger partial charge < -0.3 is 13.4 Å². The van der Waals surface area contributed by atoms with Crippen molar-refractivity contribution in [1.82, 2.24) is 24.1 Å². The van der Waals surface area contributed by atoms with Crippen LogP contribution in [0.15, 0.2) is 270 Å². The number of hydrogen-bond acceptors (Lipinski definition) is 6. The van der Waals surface area contributed by atoms with Crippen LogP contribution in [0.2, 0.25) is 0 Å². The zero-order valence-corrected chi connectivity index (χ0v) is 45.1. The van der Waals surface area contributed by atoms with Crippen molar-refractivity contribution in [2.45, 2.75) is 0 Å². The first kappa shape index (κ1) is 45.9. The Kier molecular flexibility index (Phi) is 9.83. The first-order chi connectivity index (χ1) is 41.1. The van der Waals surface area contributed by atoms with Crippen molar-refractivity contribution in [3.05, 3.63) is 261 Å². The molecule has 0 saturated heterocycles. The fourth-order valence-corrected chi connectivity index (χ4v) is 14.1. The minimum absolute atomic E-state index is 0.508. The lowest BCUT2D eigenvalue weighted by Crippen LogP contribution is -2.06. The Bertz CT molecular complexity index is 5710. The Morgan fingerprint density at radius 2 is 0.831 bits per heavy atom. The fraction of sp³-hybridized carbons (Fsp3) is 0. The zero-order valence-electron chi connectivity index (χ0n) is 44.3. The molecule has 0 bridgehead atoms. The summed E-state index contributed by atoms with van der Waals surface area (Å²) in [7, 11) is 0. The average Bonchev–Trinajstić information content (AvgIpc) is 4.39. The highest BCUT2D eigenvalue weighted by molar-refractivity contribution is 7.26. The molecule has 0 aliphatic rings. The van der Waals surface area contributed by atoms with Crippen LogP contribution in [0.25, 0.3) is 175 Å². The number of furan rings is 2. The van der Waals surface area contributed by atoms with E-state index >= 15 is 0 Å². The number of para-hydroxylation sites is 4. The van der Waals surface area contributed by atoms with Crippen LogP contribution in [0.1, 0.15) is 0 Å². The molecule has 0 aliphatic carbocycles. The summed E-state index contributed by atoms with van der Waals surface area (Å²) >= 11 is 1.84. The molecule has 0 unspecified atom stereocenters. The van der Waals surface area contributed by atoms with Crippen LogP contribution in [0.5, 0.6) is 0 Å². The third-order valence-corrected chi connectivity index (χ3v) is 17.9. The van der Waals surface area contributed by atoms with Gasteiger partial charge in [-0.1, -0.05) is 158 Å². The molecule has 18 aromatic rings. The lowest BCUT2D eigenvalue weighted by atomic mass is 9.96. The lowest BCUT2D eigenvalue weighted by Gasteiger charge is -2.12. The second kappa shape index (κ2) is 17.8. The number of rotatable bonds is 7. The molecule has 0 aliphatic heterocycles. The third kappa shape index (κ3) is 7.06. The van der Waals surface area contributed by atoms with Crippen LogP contribution in [-0.2, 0) is 0 Å². The van der Waals surface area contributed by atoms with Gasteiger partial charge in [0.25, 0.3) is 0 Å². The predicted octanol–water partition coefficient (Wildman–Crippen LogP) is 20.6. The summed E-state index contributed by atoms with van der Waals surface area (Å²) in [5.74, 6) is 1.56. The molecule has 0 radical (unpaired) electrons. The second-order valence-electron chi connectivity index (χ2n) is 21.4. The van der Waals surface area contributed by atoms with E-state index in [4.69, 9.17) is 23.8 Å². The van der Waals surface area contributed by atoms with Gasteiger partial charge in [0.1, 0.15) is 22.3 Å². The first-order valence-electron chi connectivity index (χ1n) is 27.9. The van der Waals surface area contributed by atoms with Gasteiger partial charge in [-0.15, -0.1) is 11.3 Å². The van der Waals surface area contributed by atoms with Crippen LogP contribution in [0.4, 0.5) is 0 Å². The first-order valence-corrected chi connectivity index (χ1v) is 28.7. The minimum Gasteiger partial charge on any atom is -0.456 e. The molecular formula is C75H43N5O2S. The summed E-state index contributed by atoms with van der Waals surface area (Å²) in [6.07, 6.45) is 0. The van der Waals surface area contributed by atoms with Gasteiger partial charge in [0, 0.05) is 80.1 Å². The quantitative estimate of drug-likeness (QED) is 0.159. The largest absolute Gasteiger partial charge is 0.456 e. The third-order valence-electron chi connectivity index (χ3n) is 16.8. The standard InChI is InChI=1S/C75H43N5O2S/c1-3-15-44(16-4-1)45-30-35-64-57(39-45)53-20-8-11-25-62(53)80(64)75-77-73(49-29-34-55-54-21-9-12-26-65(54)82-68(55)43-49)76-74(78-75)56-23-13-27-67-71(56)59-40-46(32-37-66(59)81-67)47-33-38-69-60(41-47)72-51(22-14-28-70(72)83-69)48-31-36-63-58(42-48)52-19-7-10-24-61(52)79(63)50-17-5-2-6-18-50/h1-43H. The van der Waals surface area contributed by atoms with E-state index in [0.29, 0.717) is 17.6 Å². The van der Waals surface area contributed by atoms with Crippen molar-refractivity contribution in [2.75, 3.05) is 0 Å². The maximum Gasteiger partial charge on any atom is 0.238 e. The summed E-state index contributed by atoms with van der Waals surface area (Å²) in [6, 6.07) is 92.8. The molecule has 0 amide bonds. The normalized spacial score (nSPS) is 12.1. The Morgan fingerprint density at radius 1 is 0.277 bits per heavy atom. The van der Waals surface area contributed by atoms with Gasteiger partial charge in [0.15, 0.2) is 11.6 Å². The van der Waals surface area contributed by atoms with Crippen molar-refractivity contribution in [1.29, 1.82) is 0 Å². The number of hydrogen-bond donors (Lipinski definition) is 0. The van der Waals surface area contributed by atoms with Gasteiger partial charge in [-0.25, -0.2) is 4.98 Å². The van der Waals surface area contributed by atoms with E-state index in [2.05, 4.69) is 240 Å². The highest BCUT2D eigenvalue weighted by Crippen LogP contribution is 2.45. The summed E-state index contributed by atoms with van der Waals surface area (Å²) in [5.41, 5.74) is 17.2. The highest BCUT2D eigenvalue weighted by atomic mass is 32.1. The molecule has 8 heteroatoms. The van der Waals surface area contributed by atoms with Crippen LogP contribution >= 0.6 is 11.3 Å². The molecule has 386 valence electrons. The van der Waals surface area contributed by atoms with Crippen LogP contribution in [0, 0.1) is 0 Å². The van der Waals surface area contributed by atoms with E-state index in [1.165, 1.54) is 53.1 Å². The monoisotopic (exact) mass is 1080 g/mol. The average molecular weight is 1080 g/mol. The number of thiophene rings is 1. The molecule has 0 fully saturated rings. The number of benzene rings is 12. The number of fused-ring (bicyclic) bond motifs is 15. The van der Waals surface area contributed by atoms with Crippen molar-refractivity contribution < 1.29 is 8.83 Å². The molecule has 83 heavy (non-hydrogen) atoms. The second-order valence-corrected chi connectivity index (χ2v) is 22.5. The van der Waals surface area contributed by atoms with Gasteiger partial charge in [-0.3, -0.25) is 4.57 Å². The van der Waals surface area contributed by atoms with Gasteiger partial charge in [-0.2, -0.15) is 9.97 Å². The maximum atomic E-state index is 6.74. The van der Waals surface area contributed by atoms with Crippen molar-refractivity contribution in [3.63, 3.8) is 0 Å². The lowest BCUT2D eigenvalue weighted by molar-refractivity contribution is 0.668. The molecular weight excluding hydrogens is 1030 g/mol. The molecule has 7 nitrogen and oxygen atoms in total.